The van der Waals surface area contributed by atoms with Crippen LogP contribution in [-0.2, 0) is 13.0 Å². The monoisotopic (exact) mass is 332 g/mol. The number of benzene rings is 2. The SMILES string of the molecule is Cc1cc(C)c2nc3c(cc2c1)CN(CCc1ccccc1)CCO3. The highest BCUT2D eigenvalue weighted by Crippen LogP contribution is 2.28. The van der Waals surface area contributed by atoms with Crippen LogP contribution in [0, 0.1) is 13.8 Å². The first-order valence-corrected chi connectivity index (χ1v) is 8.99. The molecule has 0 radical (unpaired) electrons. The van der Waals surface area contributed by atoms with Crippen LogP contribution >= 0.6 is 0 Å². The second-order valence-electron chi connectivity index (χ2n) is 6.97. The average molecular weight is 332 g/mol. The van der Waals surface area contributed by atoms with E-state index in [2.05, 4.69) is 67.3 Å². The molecule has 0 saturated heterocycles. The summed E-state index contributed by atoms with van der Waals surface area (Å²) in [5.41, 5.74) is 6.13. The predicted molar refractivity (Wildman–Crippen MR) is 102 cm³/mol. The van der Waals surface area contributed by atoms with Crippen LogP contribution in [0.2, 0.25) is 0 Å². The van der Waals surface area contributed by atoms with E-state index in [1.165, 1.54) is 27.6 Å². The van der Waals surface area contributed by atoms with Crippen LogP contribution in [0.1, 0.15) is 22.3 Å². The third-order valence-corrected chi connectivity index (χ3v) is 4.89. The summed E-state index contributed by atoms with van der Waals surface area (Å²) in [6.45, 7) is 7.84. The number of hydrogen-bond donors (Lipinski definition) is 0. The molecule has 1 aliphatic heterocycles. The Labute approximate surface area is 149 Å². The van der Waals surface area contributed by atoms with E-state index in [9.17, 15) is 0 Å². The van der Waals surface area contributed by atoms with E-state index in [4.69, 9.17) is 9.72 Å². The van der Waals surface area contributed by atoms with Gasteiger partial charge in [0.2, 0.25) is 5.88 Å². The number of ether oxygens (including phenoxy) is 1. The minimum atomic E-state index is 0.700. The Balaban J connectivity index is 1.58. The Hall–Kier alpha value is -2.39. The molecule has 25 heavy (non-hydrogen) atoms. The van der Waals surface area contributed by atoms with Crippen molar-refractivity contribution >= 4 is 10.9 Å². The molecule has 0 unspecified atom stereocenters. The Morgan fingerprint density at radius 2 is 1.92 bits per heavy atom. The quantitative estimate of drug-likeness (QED) is 0.715. The van der Waals surface area contributed by atoms with Gasteiger partial charge in [-0.25, -0.2) is 4.98 Å². The van der Waals surface area contributed by atoms with Crippen molar-refractivity contribution in [2.75, 3.05) is 19.7 Å². The summed E-state index contributed by atoms with van der Waals surface area (Å²) in [4.78, 5) is 7.29. The molecular weight excluding hydrogens is 308 g/mol. The summed E-state index contributed by atoms with van der Waals surface area (Å²) >= 11 is 0. The Morgan fingerprint density at radius 1 is 1.08 bits per heavy atom. The van der Waals surface area contributed by atoms with Gasteiger partial charge in [-0.15, -0.1) is 0 Å². The topological polar surface area (TPSA) is 25.4 Å². The van der Waals surface area contributed by atoms with Gasteiger partial charge >= 0.3 is 0 Å². The second kappa shape index (κ2) is 6.85. The Bertz CT molecular complexity index is 889. The molecule has 0 N–H and O–H groups in total. The minimum absolute atomic E-state index is 0.700. The van der Waals surface area contributed by atoms with Crippen LogP contribution in [0.5, 0.6) is 5.88 Å². The molecule has 1 aliphatic rings. The molecule has 128 valence electrons. The molecule has 4 rings (SSSR count). The Kier molecular flexibility index (Phi) is 4.41. The molecule has 3 heteroatoms. The van der Waals surface area contributed by atoms with E-state index < -0.39 is 0 Å². The lowest BCUT2D eigenvalue weighted by Gasteiger charge is -2.19. The highest BCUT2D eigenvalue weighted by Gasteiger charge is 2.18. The predicted octanol–water partition coefficient (Wildman–Crippen LogP) is 4.29. The molecule has 2 heterocycles. The summed E-state index contributed by atoms with van der Waals surface area (Å²) in [7, 11) is 0. The first-order valence-electron chi connectivity index (χ1n) is 8.99. The van der Waals surface area contributed by atoms with Crippen molar-refractivity contribution in [1.29, 1.82) is 0 Å². The smallest absolute Gasteiger partial charge is 0.218 e. The zero-order valence-electron chi connectivity index (χ0n) is 15.0. The van der Waals surface area contributed by atoms with Crippen LogP contribution in [0.3, 0.4) is 0 Å². The highest BCUT2D eigenvalue weighted by molar-refractivity contribution is 5.84. The van der Waals surface area contributed by atoms with Gasteiger partial charge in [-0.1, -0.05) is 42.0 Å². The van der Waals surface area contributed by atoms with Crippen molar-refractivity contribution in [3.8, 4) is 5.88 Å². The van der Waals surface area contributed by atoms with E-state index in [0.29, 0.717) is 6.61 Å². The van der Waals surface area contributed by atoms with Gasteiger partial charge in [-0.2, -0.15) is 0 Å². The second-order valence-corrected chi connectivity index (χ2v) is 6.97. The summed E-state index contributed by atoms with van der Waals surface area (Å²) in [5, 5.41) is 1.21. The third kappa shape index (κ3) is 3.52. The lowest BCUT2D eigenvalue weighted by atomic mass is 10.0. The molecule has 0 bridgehead atoms. The maximum atomic E-state index is 5.97. The fraction of sp³-hybridized carbons (Fsp3) is 0.318. The van der Waals surface area contributed by atoms with Crippen molar-refractivity contribution in [2.24, 2.45) is 0 Å². The van der Waals surface area contributed by atoms with Crippen LogP contribution in [0.4, 0.5) is 0 Å². The van der Waals surface area contributed by atoms with Gasteiger partial charge < -0.3 is 4.74 Å². The van der Waals surface area contributed by atoms with Gasteiger partial charge in [0.25, 0.3) is 0 Å². The van der Waals surface area contributed by atoms with Crippen molar-refractivity contribution in [1.82, 2.24) is 9.88 Å². The number of hydrogen-bond acceptors (Lipinski definition) is 3. The minimum Gasteiger partial charge on any atom is -0.476 e. The van der Waals surface area contributed by atoms with Crippen molar-refractivity contribution in [3.05, 3.63) is 70.8 Å². The zero-order chi connectivity index (χ0) is 17.2. The van der Waals surface area contributed by atoms with E-state index in [1.54, 1.807) is 0 Å². The van der Waals surface area contributed by atoms with Crippen molar-refractivity contribution in [3.63, 3.8) is 0 Å². The summed E-state index contributed by atoms with van der Waals surface area (Å²) in [6, 6.07) is 17.3. The largest absolute Gasteiger partial charge is 0.476 e. The third-order valence-electron chi connectivity index (χ3n) is 4.89. The summed E-state index contributed by atoms with van der Waals surface area (Å²) in [6.07, 6.45) is 1.06. The maximum Gasteiger partial charge on any atom is 0.218 e. The average Bonchev–Trinajstić information content (AvgIpc) is 2.80. The number of pyridine rings is 1. The fourth-order valence-electron chi connectivity index (χ4n) is 3.63. The normalized spacial score (nSPS) is 14.8. The zero-order valence-corrected chi connectivity index (χ0v) is 15.0. The van der Waals surface area contributed by atoms with Gasteiger partial charge in [0.1, 0.15) is 6.61 Å². The van der Waals surface area contributed by atoms with Crippen LogP contribution < -0.4 is 4.74 Å². The van der Waals surface area contributed by atoms with Gasteiger partial charge in [0.05, 0.1) is 5.52 Å². The molecule has 3 aromatic rings. The van der Waals surface area contributed by atoms with E-state index in [-0.39, 0.29) is 0 Å². The first kappa shape index (κ1) is 16.1. The maximum absolute atomic E-state index is 5.97. The fourth-order valence-corrected chi connectivity index (χ4v) is 3.63. The molecule has 0 fully saturated rings. The summed E-state index contributed by atoms with van der Waals surface area (Å²) in [5.74, 6) is 0.807. The van der Waals surface area contributed by atoms with Gasteiger partial charge in [0, 0.05) is 30.6 Å². The van der Waals surface area contributed by atoms with Gasteiger partial charge in [-0.3, -0.25) is 4.90 Å². The molecule has 3 nitrogen and oxygen atoms in total. The van der Waals surface area contributed by atoms with E-state index >= 15 is 0 Å². The number of nitrogens with zero attached hydrogens (tertiary/aromatic N) is 2. The molecule has 1 aromatic heterocycles. The van der Waals surface area contributed by atoms with Crippen LogP contribution in [0.15, 0.2) is 48.5 Å². The molecule has 0 spiro atoms. The number of aryl methyl sites for hydroxylation is 2. The first-order chi connectivity index (χ1) is 12.2. The standard InChI is InChI=1S/C22H24N2O/c1-16-12-17(2)21-19(13-16)14-20-15-24(10-11-25-22(20)23-21)9-8-18-6-4-3-5-7-18/h3-7,12-14H,8-11,15H2,1-2H3. The lowest BCUT2D eigenvalue weighted by molar-refractivity contribution is 0.225. The highest BCUT2D eigenvalue weighted by atomic mass is 16.5. The number of aromatic nitrogens is 1. The van der Waals surface area contributed by atoms with Crippen LogP contribution in [-0.4, -0.2) is 29.6 Å². The van der Waals surface area contributed by atoms with Gasteiger partial charge in [-0.05, 0) is 43.5 Å². The lowest BCUT2D eigenvalue weighted by Crippen LogP contribution is -2.27. The van der Waals surface area contributed by atoms with Crippen molar-refractivity contribution < 1.29 is 4.74 Å². The van der Waals surface area contributed by atoms with Crippen molar-refractivity contribution in [2.45, 2.75) is 26.8 Å². The molecule has 0 amide bonds. The molecule has 0 saturated carbocycles. The van der Waals surface area contributed by atoms with Gasteiger partial charge in [0.15, 0.2) is 0 Å². The Morgan fingerprint density at radius 3 is 2.76 bits per heavy atom. The van der Waals surface area contributed by atoms with Crippen LogP contribution in [0.25, 0.3) is 10.9 Å². The molecule has 0 aliphatic carbocycles. The number of fused-ring (bicyclic) bond motifs is 2. The number of rotatable bonds is 3. The molecule has 2 aromatic carbocycles. The summed E-state index contributed by atoms with van der Waals surface area (Å²) < 4.78 is 5.97. The van der Waals surface area contributed by atoms with E-state index in [0.717, 1.165) is 37.5 Å². The molecule has 0 atom stereocenters. The van der Waals surface area contributed by atoms with E-state index in [1.807, 2.05) is 0 Å². The molecular formula is C22H24N2O.